The second kappa shape index (κ2) is 9.92. The van der Waals surface area contributed by atoms with E-state index in [-0.39, 0.29) is 28.8 Å². The summed E-state index contributed by atoms with van der Waals surface area (Å²) >= 11 is 0. The maximum Gasteiger partial charge on any atom is 0.257 e. The fourth-order valence-corrected chi connectivity index (χ4v) is 4.81. The molecule has 1 aliphatic rings. The van der Waals surface area contributed by atoms with Crippen molar-refractivity contribution in [2.75, 3.05) is 40.5 Å². The third kappa shape index (κ3) is 4.81. The van der Waals surface area contributed by atoms with Crippen molar-refractivity contribution in [1.82, 2.24) is 19.3 Å². The van der Waals surface area contributed by atoms with Crippen molar-refractivity contribution in [3.63, 3.8) is 0 Å². The average Bonchev–Trinajstić information content (AvgIpc) is 3.32. The molecule has 10 nitrogen and oxygen atoms in total. The molecule has 1 aromatic heterocycles. The summed E-state index contributed by atoms with van der Waals surface area (Å²) in [5.41, 5.74) is 1.97. The van der Waals surface area contributed by atoms with Crippen LogP contribution in [0.1, 0.15) is 21.8 Å². The van der Waals surface area contributed by atoms with E-state index in [0.717, 1.165) is 15.4 Å². The van der Waals surface area contributed by atoms with Crippen LogP contribution in [0.2, 0.25) is 0 Å². The molecule has 0 radical (unpaired) electrons. The van der Waals surface area contributed by atoms with Crippen LogP contribution in [0.15, 0.2) is 51.9 Å². The maximum absolute atomic E-state index is 13.3. The van der Waals surface area contributed by atoms with Gasteiger partial charge in [0.15, 0.2) is 0 Å². The van der Waals surface area contributed by atoms with Crippen molar-refractivity contribution in [3.05, 3.63) is 59.5 Å². The monoisotopic (exact) mass is 486 g/mol. The number of morpholine rings is 1. The minimum Gasteiger partial charge on any atom is -0.496 e. The summed E-state index contributed by atoms with van der Waals surface area (Å²) in [5, 5.41) is 3.98. The number of hydrogen-bond acceptors (Lipinski definition) is 8. The van der Waals surface area contributed by atoms with Crippen molar-refractivity contribution >= 4 is 15.9 Å². The number of carbonyl (C=O) groups excluding carboxylic acids is 1. The molecule has 11 heteroatoms. The quantitative estimate of drug-likeness (QED) is 0.500. The van der Waals surface area contributed by atoms with E-state index in [1.54, 1.807) is 4.90 Å². The summed E-state index contributed by atoms with van der Waals surface area (Å²) in [4.78, 5) is 19.0. The van der Waals surface area contributed by atoms with E-state index >= 15 is 0 Å². The first-order valence-electron chi connectivity index (χ1n) is 10.7. The Morgan fingerprint density at radius 1 is 1.18 bits per heavy atom. The van der Waals surface area contributed by atoms with Gasteiger partial charge in [0.05, 0.1) is 37.3 Å². The molecule has 1 fully saturated rings. The summed E-state index contributed by atoms with van der Waals surface area (Å²) < 4.78 is 43.5. The molecule has 0 unspecified atom stereocenters. The molecule has 0 N–H and O–H groups in total. The highest BCUT2D eigenvalue weighted by Gasteiger charge is 2.28. The molecule has 0 spiro atoms. The Morgan fingerprint density at radius 3 is 2.62 bits per heavy atom. The zero-order valence-electron chi connectivity index (χ0n) is 19.2. The molecule has 1 saturated heterocycles. The number of rotatable bonds is 7. The van der Waals surface area contributed by atoms with Gasteiger partial charge in [-0.25, -0.2) is 8.42 Å². The molecule has 2 aromatic carbocycles. The lowest BCUT2D eigenvalue weighted by Gasteiger charge is -2.27. The van der Waals surface area contributed by atoms with Crippen LogP contribution < -0.4 is 4.74 Å². The third-order valence-electron chi connectivity index (χ3n) is 5.62. The third-order valence-corrected chi connectivity index (χ3v) is 7.42. The molecule has 4 rings (SSSR count). The molecule has 1 aliphatic heterocycles. The largest absolute Gasteiger partial charge is 0.496 e. The summed E-state index contributed by atoms with van der Waals surface area (Å²) in [7, 11) is -1.10. The highest BCUT2D eigenvalue weighted by Crippen LogP contribution is 2.27. The SMILES string of the molecule is COc1ccc(S(=O)(=O)N(C)Cc2nc(-c3ccccc3C)no2)cc1C(=O)N1CCOCC1. The van der Waals surface area contributed by atoms with Gasteiger partial charge in [0, 0.05) is 25.7 Å². The number of aryl methyl sites for hydroxylation is 1. The second-order valence-electron chi connectivity index (χ2n) is 7.85. The number of amides is 1. The summed E-state index contributed by atoms with van der Waals surface area (Å²) in [6.07, 6.45) is 0. The van der Waals surface area contributed by atoms with Crippen LogP contribution in [0.25, 0.3) is 11.4 Å². The highest BCUT2D eigenvalue weighted by molar-refractivity contribution is 7.89. The van der Waals surface area contributed by atoms with Gasteiger partial charge in [0.2, 0.25) is 21.7 Å². The lowest BCUT2D eigenvalue weighted by molar-refractivity contribution is 0.0300. The van der Waals surface area contributed by atoms with Gasteiger partial charge >= 0.3 is 0 Å². The predicted octanol–water partition coefficient (Wildman–Crippen LogP) is 2.35. The van der Waals surface area contributed by atoms with Crippen molar-refractivity contribution in [1.29, 1.82) is 0 Å². The Labute approximate surface area is 198 Å². The van der Waals surface area contributed by atoms with Gasteiger partial charge in [0.25, 0.3) is 5.91 Å². The number of benzene rings is 2. The van der Waals surface area contributed by atoms with Gasteiger partial charge in [-0.05, 0) is 30.7 Å². The molecule has 180 valence electrons. The van der Waals surface area contributed by atoms with Crippen molar-refractivity contribution < 1.29 is 27.2 Å². The Hall–Kier alpha value is -3.28. The zero-order valence-corrected chi connectivity index (χ0v) is 20.0. The second-order valence-corrected chi connectivity index (χ2v) is 9.90. The first kappa shape index (κ1) is 23.9. The molecule has 0 saturated carbocycles. The first-order chi connectivity index (χ1) is 16.3. The van der Waals surface area contributed by atoms with Crippen LogP contribution in [0, 0.1) is 6.92 Å². The van der Waals surface area contributed by atoms with E-state index in [2.05, 4.69) is 10.1 Å². The Morgan fingerprint density at radius 2 is 1.91 bits per heavy atom. The fraction of sp³-hybridized carbons (Fsp3) is 0.348. The lowest BCUT2D eigenvalue weighted by Crippen LogP contribution is -2.40. The minimum atomic E-state index is -3.96. The van der Waals surface area contributed by atoms with E-state index in [0.29, 0.717) is 37.9 Å². The van der Waals surface area contributed by atoms with E-state index in [1.807, 2.05) is 31.2 Å². The normalized spacial score (nSPS) is 14.4. The van der Waals surface area contributed by atoms with Gasteiger partial charge < -0.3 is 18.9 Å². The molecule has 3 aromatic rings. The van der Waals surface area contributed by atoms with E-state index < -0.39 is 10.0 Å². The predicted molar refractivity (Wildman–Crippen MR) is 123 cm³/mol. The molecule has 1 amide bonds. The summed E-state index contributed by atoms with van der Waals surface area (Å²) in [6.45, 7) is 3.53. The number of methoxy groups -OCH3 is 1. The van der Waals surface area contributed by atoms with Crippen LogP contribution >= 0.6 is 0 Å². The number of carbonyl (C=O) groups is 1. The number of nitrogens with zero attached hydrogens (tertiary/aromatic N) is 4. The van der Waals surface area contributed by atoms with Crippen molar-refractivity contribution in [3.8, 4) is 17.1 Å². The molecule has 2 heterocycles. The Balaban J connectivity index is 1.57. The number of hydrogen-bond donors (Lipinski definition) is 0. The smallest absolute Gasteiger partial charge is 0.257 e. The topological polar surface area (TPSA) is 115 Å². The van der Waals surface area contributed by atoms with Crippen molar-refractivity contribution in [2.24, 2.45) is 0 Å². The maximum atomic E-state index is 13.3. The summed E-state index contributed by atoms with van der Waals surface area (Å²) in [6, 6.07) is 11.8. The standard InChI is InChI=1S/C23H26N4O6S/c1-16-6-4-5-7-18(16)22-24-21(33-25-22)15-26(2)34(29,30)17-8-9-20(31-3)19(14-17)23(28)27-10-12-32-13-11-27/h4-9,14H,10-13,15H2,1-3H3. The van der Waals surface area contributed by atoms with Gasteiger partial charge in [-0.2, -0.15) is 9.29 Å². The Kier molecular flexibility index (Phi) is 6.96. The Bertz CT molecular complexity index is 1280. The lowest BCUT2D eigenvalue weighted by atomic mass is 10.1. The molecular weight excluding hydrogens is 460 g/mol. The van der Waals surface area contributed by atoms with Crippen LogP contribution in [0.4, 0.5) is 0 Å². The van der Waals surface area contributed by atoms with E-state index in [1.165, 1.54) is 32.4 Å². The van der Waals surface area contributed by atoms with Crippen LogP contribution in [-0.4, -0.2) is 74.1 Å². The van der Waals surface area contributed by atoms with Gasteiger partial charge in [-0.1, -0.05) is 29.4 Å². The van der Waals surface area contributed by atoms with Crippen LogP contribution in [0.3, 0.4) is 0 Å². The minimum absolute atomic E-state index is 0.0361. The molecule has 0 aliphatic carbocycles. The molecular formula is C23H26N4O6S. The highest BCUT2D eigenvalue weighted by atomic mass is 32.2. The molecule has 34 heavy (non-hydrogen) atoms. The number of sulfonamides is 1. The van der Waals surface area contributed by atoms with Gasteiger partial charge in [-0.3, -0.25) is 4.79 Å². The van der Waals surface area contributed by atoms with Gasteiger partial charge in [0.1, 0.15) is 5.75 Å². The van der Waals surface area contributed by atoms with Crippen LogP contribution in [-0.2, 0) is 21.3 Å². The van der Waals surface area contributed by atoms with E-state index in [9.17, 15) is 13.2 Å². The number of ether oxygens (including phenoxy) is 2. The number of aromatic nitrogens is 2. The van der Waals surface area contributed by atoms with Crippen molar-refractivity contribution in [2.45, 2.75) is 18.4 Å². The van der Waals surface area contributed by atoms with E-state index in [4.69, 9.17) is 14.0 Å². The molecule has 0 atom stereocenters. The molecule has 0 bridgehead atoms. The zero-order chi connectivity index (χ0) is 24.3. The average molecular weight is 487 g/mol. The van der Waals surface area contributed by atoms with Crippen LogP contribution in [0.5, 0.6) is 5.75 Å². The van der Waals surface area contributed by atoms with Gasteiger partial charge in [-0.15, -0.1) is 0 Å². The fourth-order valence-electron chi connectivity index (χ4n) is 3.66. The first-order valence-corrected chi connectivity index (χ1v) is 12.1. The summed E-state index contributed by atoms with van der Waals surface area (Å²) in [5.74, 6) is 0.543.